The predicted octanol–water partition coefficient (Wildman–Crippen LogP) is 3.14. The average Bonchev–Trinajstić information content (AvgIpc) is 2.99. The highest BCUT2D eigenvalue weighted by Gasteiger charge is 2.16. The predicted molar refractivity (Wildman–Crippen MR) is 99.0 cm³/mol. The first-order valence-corrected chi connectivity index (χ1v) is 8.58. The lowest BCUT2D eigenvalue weighted by Gasteiger charge is -2.15. The van der Waals surface area contributed by atoms with Gasteiger partial charge in [-0.25, -0.2) is 9.98 Å². The zero-order valence-corrected chi connectivity index (χ0v) is 14.8. The number of hydrogen-bond donors (Lipinski definition) is 3. The summed E-state index contributed by atoms with van der Waals surface area (Å²) in [5, 5.41) is 13.8. The number of amidine groups is 1. The Morgan fingerprint density at radius 3 is 2.68 bits per heavy atom. The van der Waals surface area contributed by atoms with Crippen LogP contribution < -0.4 is 11.1 Å². The number of rotatable bonds is 6. The molecule has 8 heteroatoms. The highest BCUT2D eigenvalue weighted by atomic mass is 35.5. The molecule has 2 aromatic rings. The van der Waals surface area contributed by atoms with E-state index < -0.39 is 6.23 Å². The van der Waals surface area contributed by atoms with Crippen LogP contribution in [-0.2, 0) is 11.2 Å². The quantitative estimate of drug-likeness (QED) is 0.528. The largest absolute Gasteiger partial charge is 0.463 e. The fraction of sp³-hybridized carbons (Fsp3) is 0.294. The molecule has 3 rings (SSSR count). The zero-order chi connectivity index (χ0) is 17.8. The third-order valence-electron chi connectivity index (χ3n) is 3.82. The lowest BCUT2D eigenvalue weighted by atomic mass is 10.1. The first-order chi connectivity index (χ1) is 12.0. The number of aromatic nitrogens is 1. The van der Waals surface area contributed by atoms with Gasteiger partial charge in [-0.1, -0.05) is 35.3 Å². The molecule has 0 saturated heterocycles. The minimum Gasteiger partial charge on any atom is -0.463 e. The number of aliphatic hydroxyl groups excluding tert-OH is 1. The van der Waals surface area contributed by atoms with Crippen molar-refractivity contribution in [1.29, 1.82) is 0 Å². The van der Waals surface area contributed by atoms with Crippen LogP contribution in [0, 0.1) is 0 Å². The van der Waals surface area contributed by atoms with E-state index in [1.54, 1.807) is 6.07 Å². The lowest BCUT2D eigenvalue weighted by molar-refractivity contribution is 0.203. The normalized spacial score (nSPS) is 17.7. The number of aliphatic hydroxyl groups is 1. The first-order valence-electron chi connectivity index (χ1n) is 7.82. The van der Waals surface area contributed by atoms with Crippen molar-refractivity contribution in [3.05, 3.63) is 57.8 Å². The van der Waals surface area contributed by atoms with E-state index >= 15 is 0 Å². The van der Waals surface area contributed by atoms with E-state index in [0.29, 0.717) is 17.3 Å². The fourth-order valence-corrected chi connectivity index (χ4v) is 3.03. The number of aryl methyl sites for hydroxylation is 1. The minimum atomic E-state index is -1.00. The second-order valence-corrected chi connectivity index (χ2v) is 6.57. The van der Waals surface area contributed by atoms with Crippen LogP contribution in [0.2, 0.25) is 10.2 Å². The van der Waals surface area contributed by atoms with Gasteiger partial charge in [0.15, 0.2) is 6.23 Å². The Morgan fingerprint density at radius 2 is 2.04 bits per heavy atom. The molecule has 0 saturated carbocycles. The number of halogens is 2. The zero-order valence-electron chi connectivity index (χ0n) is 13.3. The Balaban J connectivity index is 1.56. The Hall–Kier alpha value is -2.02. The molecule has 0 aliphatic carbocycles. The Bertz CT molecular complexity index is 747. The first kappa shape index (κ1) is 17.8. The summed E-state index contributed by atoms with van der Waals surface area (Å²) in [6.45, 7) is 0.548. The van der Waals surface area contributed by atoms with Crippen LogP contribution in [0.1, 0.15) is 23.9 Å². The van der Waals surface area contributed by atoms with Gasteiger partial charge in [-0.3, -0.25) is 0 Å². The van der Waals surface area contributed by atoms with Gasteiger partial charge < -0.3 is 20.9 Å². The van der Waals surface area contributed by atoms with E-state index in [1.807, 2.05) is 24.3 Å². The van der Waals surface area contributed by atoms with Crippen LogP contribution in [0.5, 0.6) is 0 Å². The van der Waals surface area contributed by atoms with E-state index in [2.05, 4.69) is 15.3 Å². The molecule has 1 aliphatic heterocycles. The lowest BCUT2D eigenvalue weighted by Crippen LogP contribution is -2.11. The van der Waals surface area contributed by atoms with Crippen molar-refractivity contribution in [1.82, 2.24) is 4.98 Å². The maximum Gasteiger partial charge on any atom is 0.282 e. The van der Waals surface area contributed by atoms with Crippen LogP contribution in [0.15, 0.2) is 41.4 Å². The number of benzene rings is 1. The Morgan fingerprint density at radius 1 is 1.28 bits per heavy atom. The smallest absolute Gasteiger partial charge is 0.282 e. The summed E-state index contributed by atoms with van der Waals surface area (Å²) < 4.78 is 5.14. The molecule has 132 valence electrons. The van der Waals surface area contributed by atoms with Crippen molar-refractivity contribution in [2.75, 3.05) is 11.9 Å². The number of nitrogens with two attached hydrogens (primary N) is 1. The molecule has 0 fully saturated rings. The standard InChI is InChI=1S/C17H18Cl2N4O2/c18-11-7-14(23-15(19)8-11)16(24)21-12-4-1-10(2-5-12)3-6-13-9-25-17(20)22-13/h1-2,4-5,7-8,13,16,21,24H,3,6,9H2,(H2,20,22). The molecule has 2 unspecified atom stereocenters. The summed E-state index contributed by atoms with van der Waals surface area (Å²) in [6.07, 6.45) is 0.745. The van der Waals surface area contributed by atoms with E-state index in [4.69, 9.17) is 33.7 Å². The molecule has 0 bridgehead atoms. The maximum atomic E-state index is 10.2. The summed E-state index contributed by atoms with van der Waals surface area (Å²) in [4.78, 5) is 8.27. The number of nitrogens with one attached hydrogen (secondary N) is 1. The fourth-order valence-electron chi connectivity index (χ4n) is 2.54. The van der Waals surface area contributed by atoms with E-state index in [9.17, 15) is 5.11 Å². The summed E-state index contributed by atoms with van der Waals surface area (Å²) in [5.41, 5.74) is 7.80. The highest BCUT2D eigenvalue weighted by Crippen LogP contribution is 2.22. The molecule has 25 heavy (non-hydrogen) atoms. The molecule has 6 nitrogen and oxygen atoms in total. The van der Waals surface area contributed by atoms with E-state index in [0.717, 1.165) is 18.5 Å². The van der Waals surface area contributed by atoms with Gasteiger partial charge in [0.1, 0.15) is 11.8 Å². The van der Waals surface area contributed by atoms with Crippen LogP contribution in [0.25, 0.3) is 0 Å². The van der Waals surface area contributed by atoms with Crippen molar-refractivity contribution in [2.45, 2.75) is 25.1 Å². The van der Waals surface area contributed by atoms with E-state index in [1.165, 1.54) is 11.6 Å². The van der Waals surface area contributed by atoms with Crippen LogP contribution in [0.4, 0.5) is 5.69 Å². The Labute approximate surface area is 155 Å². The molecule has 4 N–H and O–H groups in total. The van der Waals surface area contributed by atoms with Crippen LogP contribution in [-0.4, -0.2) is 28.8 Å². The molecule has 2 heterocycles. The monoisotopic (exact) mass is 380 g/mol. The van der Waals surface area contributed by atoms with Gasteiger partial charge in [0.2, 0.25) is 0 Å². The SMILES string of the molecule is NC1=NC(CCc2ccc(NC(O)c3cc(Cl)cc(Cl)n3)cc2)CO1. The molecule has 2 atom stereocenters. The molecule has 0 radical (unpaired) electrons. The summed E-state index contributed by atoms with van der Waals surface area (Å²) in [5.74, 6) is 0. The van der Waals surface area contributed by atoms with Gasteiger partial charge in [0.25, 0.3) is 6.02 Å². The van der Waals surface area contributed by atoms with Crippen molar-refractivity contribution < 1.29 is 9.84 Å². The number of hydrogen-bond acceptors (Lipinski definition) is 6. The number of nitrogens with zero attached hydrogens (tertiary/aromatic N) is 2. The second-order valence-electron chi connectivity index (χ2n) is 5.75. The van der Waals surface area contributed by atoms with Gasteiger partial charge in [-0.2, -0.15) is 0 Å². The topological polar surface area (TPSA) is 92.8 Å². The summed E-state index contributed by atoms with van der Waals surface area (Å²) >= 11 is 11.8. The molecule has 0 spiro atoms. The number of aliphatic imine (C=N–C) groups is 1. The third-order valence-corrected chi connectivity index (χ3v) is 4.23. The molecular formula is C17H18Cl2N4O2. The van der Waals surface area contributed by atoms with Crippen LogP contribution in [0.3, 0.4) is 0 Å². The van der Waals surface area contributed by atoms with Gasteiger partial charge in [0.05, 0.1) is 11.7 Å². The summed E-state index contributed by atoms with van der Waals surface area (Å²) in [7, 11) is 0. The van der Waals surface area contributed by atoms with Crippen molar-refractivity contribution in [2.24, 2.45) is 10.7 Å². The number of ether oxygens (including phenoxy) is 1. The highest BCUT2D eigenvalue weighted by molar-refractivity contribution is 6.33. The molecule has 1 aromatic heterocycles. The molecule has 1 aromatic carbocycles. The van der Waals surface area contributed by atoms with Gasteiger partial charge in [0, 0.05) is 10.7 Å². The van der Waals surface area contributed by atoms with Crippen molar-refractivity contribution in [3.63, 3.8) is 0 Å². The molecule has 0 amide bonds. The van der Waals surface area contributed by atoms with Crippen molar-refractivity contribution >= 4 is 34.9 Å². The van der Waals surface area contributed by atoms with Gasteiger partial charge in [-0.05, 0) is 42.7 Å². The Kier molecular flexibility index (Phi) is 5.63. The summed E-state index contributed by atoms with van der Waals surface area (Å²) in [6, 6.07) is 11.3. The van der Waals surface area contributed by atoms with Gasteiger partial charge in [-0.15, -0.1) is 0 Å². The maximum absolute atomic E-state index is 10.2. The average molecular weight is 381 g/mol. The van der Waals surface area contributed by atoms with E-state index in [-0.39, 0.29) is 17.2 Å². The third kappa shape index (κ3) is 4.98. The number of anilines is 1. The molecular weight excluding hydrogens is 363 g/mol. The second kappa shape index (κ2) is 7.91. The van der Waals surface area contributed by atoms with Gasteiger partial charge >= 0.3 is 0 Å². The number of pyridine rings is 1. The minimum absolute atomic E-state index is 0.123. The molecule has 1 aliphatic rings. The van der Waals surface area contributed by atoms with Crippen molar-refractivity contribution in [3.8, 4) is 0 Å². The van der Waals surface area contributed by atoms with Crippen LogP contribution >= 0.6 is 23.2 Å².